The van der Waals surface area contributed by atoms with Gasteiger partial charge in [0.05, 0.1) is 6.04 Å². The second-order valence-corrected chi connectivity index (χ2v) is 5.19. The summed E-state index contributed by atoms with van der Waals surface area (Å²) in [5.41, 5.74) is 0. The summed E-state index contributed by atoms with van der Waals surface area (Å²) >= 11 is 0. The van der Waals surface area contributed by atoms with E-state index in [0.29, 0.717) is 6.04 Å². The van der Waals surface area contributed by atoms with Gasteiger partial charge in [-0.05, 0) is 52.2 Å². The molecule has 0 saturated carbocycles. The van der Waals surface area contributed by atoms with Crippen molar-refractivity contribution in [3.63, 3.8) is 0 Å². The van der Waals surface area contributed by atoms with E-state index in [1.807, 2.05) is 6.92 Å². The average molecular weight is 255 g/mol. The van der Waals surface area contributed by atoms with Crippen LogP contribution in [0.3, 0.4) is 0 Å². The largest absolute Gasteiger partial charge is 0.355 e. The highest BCUT2D eigenvalue weighted by molar-refractivity contribution is 5.81. The molecule has 1 heterocycles. The van der Waals surface area contributed by atoms with Crippen LogP contribution in [0.25, 0.3) is 0 Å². The monoisotopic (exact) mass is 255 g/mol. The fourth-order valence-corrected chi connectivity index (χ4v) is 2.64. The molecule has 0 aliphatic carbocycles. The molecule has 18 heavy (non-hydrogen) atoms. The van der Waals surface area contributed by atoms with Gasteiger partial charge >= 0.3 is 0 Å². The highest BCUT2D eigenvalue weighted by Crippen LogP contribution is 2.15. The summed E-state index contributed by atoms with van der Waals surface area (Å²) in [6.07, 6.45) is 4.42. The summed E-state index contributed by atoms with van der Waals surface area (Å²) in [5, 5.41) is 6.40. The van der Waals surface area contributed by atoms with Gasteiger partial charge in [-0.2, -0.15) is 0 Å². The van der Waals surface area contributed by atoms with Crippen molar-refractivity contribution in [1.29, 1.82) is 0 Å². The van der Waals surface area contributed by atoms with Crippen molar-refractivity contribution in [2.75, 3.05) is 26.2 Å². The predicted octanol–water partition coefficient (Wildman–Crippen LogP) is 1.37. The topological polar surface area (TPSA) is 44.4 Å². The Balaban J connectivity index is 2.55. The van der Waals surface area contributed by atoms with E-state index in [4.69, 9.17) is 0 Å². The fraction of sp³-hybridized carbons (Fsp3) is 0.929. The van der Waals surface area contributed by atoms with E-state index in [-0.39, 0.29) is 11.9 Å². The number of nitrogens with one attached hydrogen (secondary N) is 2. The Bertz CT molecular complexity index is 239. The Kier molecular flexibility index (Phi) is 7.28. The van der Waals surface area contributed by atoms with E-state index in [9.17, 15) is 4.79 Å². The lowest BCUT2D eigenvalue weighted by Gasteiger charge is -2.38. The zero-order valence-corrected chi connectivity index (χ0v) is 12.2. The van der Waals surface area contributed by atoms with Gasteiger partial charge in [0.15, 0.2) is 0 Å². The summed E-state index contributed by atoms with van der Waals surface area (Å²) in [4.78, 5) is 14.5. The van der Waals surface area contributed by atoms with E-state index in [2.05, 4.69) is 29.4 Å². The first-order valence-electron chi connectivity index (χ1n) is 7.44. The van der Waals surface area contributed by atoms with Crippen LogP contribution >= 0.6 is 0 Å². The maximum absolute atomic E-state index is 12.1. The molecule has 1 unspecified atom stereocenters. The number of nitrogens with zero attached hydrogens (tertiary/aromatic N) is 1. The molecule has 1 fully saturated rings. The van der Waals surface area contributed by atoms with Gasteiger partial charge < -0.3 is 10.6 Å². The zero-order chi connectivity index (χ0) is 13.4. The van der Waals surface area contributed by atoms with Crippen molar-refractivity contribution in [3.05, 3.63) is 0 Å². The lowest BCUT2D eigenvalue weighted by molar-refractivity contribution is -0.127. The van der Waals surface area contributed by atoms with Gasteiger partial charge in [-0.3, -0.25) is 9.69 Å². The molecule has 0 aromatic heterocycles. The van der Waals surface area contributed by atoms with E-state index in [1.54, 1.807) is 0 Å². The van der Waals surface area contributed by atoms with Gasteiger partial charge in [-0.1, -0.05) is 13.8 Å². The molecule has 1 saturated heterocycles. The van der Waals surface area contributed by atoms with Crippen molar-refractivity contribution >= 4 is 5.91 Å². The Morgan fingerprint density at radius 1 is 1.33 bits per heavy atom. The van der Waals surface area contributed by atoms with Gasteiger partial charge in [0, 0.05) is 12.6 Å². The van der Waals surface area contributed by atoms with Gasteiger partial charge in [-0.25, -0.2) is 0 Å². The highest BCUT2D eigenvalue weighted by atomic mass is 16.2. The summed E-state index contributed by atoms with van der Waals surface area (Å²) in [6, 6.07) is 0.563. The molecule has 0 bridgehead atoms. The second-order valence-electron chi connectivity index (χ2n) is 5.19. The molecule has 0 spiro atoms. The number of piperidine rings is 1. The Hall–Kier alpha value is -0.610. The van der Waals surface area contributed by atoms with Crippen LogP contribution in [0.4, 0.5) is 0 Å². The molecule has 1 atom stereocenters. The van der Waals surface area contributed by atoms with E-state index in [1.165, 1.54) is 0 Å². The first kappa shape index (κ1) is 15.4. The minimum atomic E-state index is -0.000370. The summed E-state index contributed by atoms with van der Waals surface area (Å²) in [7, 11) is 0. The zero-order valence-electron chi connectivity index (χ0n) is 12.2. The van der Waals surface area contributed by atoms with Crippen molar-refractivity contribution in [2.24, 2.45) is 0 Å². The van der Waals surface area contributed by atoms with Crippen LogP contribution < -0.4 is 10.6 Å². The molecular formula is C14H29N3O. The van der Waals surface area contributed by atoms with Crippen molar-refractivity contribution in [2.45, 2.75) is 58.5 Å². The van der Waals surface area contributed by atoms with E-state index < -0.39 is 0 Å². The van der Waals surface area contributed by atoms with Crippen LogP contribution in [0.5, 0.6) is 0 Å². The molecule has 1 aliphatic rings. The van der Waals surface area contributed by atoms with Gasteiger partial charge in [-0.15, -0.1) is 0 Å². The average Bonchev–Trinajstić information content (AvgIpc) is 2.42. The fourth-order valence-electron chi connectivity index (χ4n) is 2.64. The van der Waals surface area contributed by atoms with Gasteiger partial charge in [0.2, 0.25) is 5.91 Å². The third kappa shape index (κ3) is 4.58. The molecule has 0 aromatic rings. The lowest BCUT2D eigenvalue weighted by Crippen LogP contribution is -2.52. The van der Waals surface area contributed by atoms with Gasteiger partial charge in [0.1, 0.15) is 0 Å². The molecule has 1 aliphatic heterocycles. The summed E-state index contributed by atoms with van der Waals surface area (Å²) in [6.45, 7) is 10.3. The maximum atomic E-state index is 12.1. The Morgan fingerprint density at radius 2 is 2.00 bits per heavy atom. The van der Waals surface area contributed by atoms with Crippen LogP contribution in [0.15, 0.2) is 0 Å². The maximum Gasteiger partial charge on any atom is 0.237 e. The standard InChI is InChI=1S/C14H29N3O/c1-4-8-16-14(18)12(3)17(11-5-2)13-6-9-15-10-7-13/h12-13,15H,4-11H2,1-3H3,(H,16,18). The highest BCUT2D eigenvalue weighted by Gasteiger charge is 2.28. The molecular weight excluding hydrogens is 226 g/mol. The smallest absolute Gasteiger partial charge is 0.237 e. The van der Waals surface area contributed by atoms with Crippen LogP contribution in [-0.2, 0) is 4.79 Å². The molecule has 4 heteroatoms. The molecule has 2 N–H and O–H groups in total. The van der Waals surface area contributed by atoms with Crippen LogP contribution in [0, 0.1) is 0 Å². The Morgan fingerprint density at radius 3 is 2.56 bits per heavy atom. The SMILES string of the molecule is CCCNC(=O)C(C)N(CCC)C1CCNCC1. The van der Waals surface area contributed by atoms with Crippen LogP contribution in [0.2, 0.25) is 0 Å². The Labute approximate surface area is 111 Å². The first-order chi connectivity index (χ1) is 8.70. The van der Waals surface area contributed by atoms with Crippen molar-refractivity contribution in [3.8, 4) is 0 Å². The molecule has 0 aromatic carbocycles. The van der Waals surface area contributed by atoms with E-state index >= 15 is 0 Å². The first-order valence-corrected chi connectivity index (χ1v) is 7.44. The number of amides is 1. The number of carbonyl (C=O) groups excluding carboxylic acids is 1. The van der Waals surface area contributed by atoms with E-state index in [0.717, 1.165) is 51.9 Å². The minimum absolute atomic E-state index is 0.000370. The third-order valence-electron chi connectivity index (χ3n) is 3.69. The third-order valence-corrected chi connectivity index (χ3v) is 3.69. The quantitative estimate of drug-likeness (QED) is 0.722. The molecule has 106 valence electrons. The van der Waals surface area contributed by atoms with Gasteiger partial charge in [0.25, 0.3) is 0 Å². The number of hydrogen-bond acceptors (Lipinski definition) is 3. The summed E-state index contributed by atoms with van der Waals surface area (Å²) < 4.78 is 0. The summed E-state index contributed by atoms with van der Waals surface area (Å²) in [5.74, 6) is 0.184. The number of hydrogen-bond donors (Lipinski definition) is 2. The van der Waals surface area contributed by atoms with Crippen LogP contribution in [0.1, 0.15) is 46.5 Å². The van der Waals surface area contributed by atoms with Crippen molar-refractivity contribution < 1.29 is 4.79 Å². The number of carbonyl (C=O) groups is 1. The number of rotatable bonds is 7. The van der Waals surface area contributed by atoms with Crippen LogP contribution in [-0.4, -0.2) is 49.1 Å². The molecule has 1 amide bonds. The normalized spacial score (nSPS) is 18.9. The molecule has 1 rings (SSSR count). The molecule has 4 nitrogen and oxygen atoms in total. The second kappa shape index (κ2) is 8.48. The minimum Gasteiger partial charge on any atom is -0.355 e. The molecule has 0 radical (unpaired) electrons. The van der Waals surface area contributed by atoms with Crippen molar-refractivity contribution in [1.82, 2.24) is 15.5 Å². The lowest BCUT2D eigenvalue weighted by atomic mass is 10.0. The predicted molar refractivity (Wildman–Crippen MR) is 75.7 cm³/mol.